The van der Waals surface area contributed by atoms with Crippen molar-refractivity contribution in [3.8, 4) is 28.7 Å². The summed E-state index contributed by atoms with van der Waals surface area (Å²) in [6, 6.07) is 21.8. The van der Waals surface area contributed by atoms with Gasteiger partial charge in [0.25, 0.3) is 0 Å². The zero-order chi connectivity index (χ0) is 34.1. The van der Waals surface area contributed by atoms with Crippen molar-refractivity contribution in [1.29, 1.82) is 0 Å². The molecule has 0 unspecified atom stereocenters. The number of ether oxygens (including phenoxy) is 3. The highest BCUT2D eigenvalue weighted by Crippen LogP contribution is 2.42. The third-order valence-corrected chi connectivity index (χ3v) is 7.28. The Kier molecular flexibility index (Phi) is 8.22. The third kappa shape index (κ3) is 6.09. The van der Waals surface area contributed by atoms with Crippen molar-refractivity contribution >= 4 is 39.8 Å². The Labute approximate surface area is 270 Å². The van der Waals surface area contributed by atoms with Gasteiger partial charge in [-0.1, -0.05) is 36.4 Å². The normalized spacial score (nSPS) is 11.1. The van der Waals surface area contributed by atoms with Crippen LogP contribution in [0.5, 0.6) is 28.7 Å². The number of esters is 3. The van der Waals surface area contributed by atoms with Crippen molar-refractivity contribution in [2.24, 2.45) is 0 Å². The topological polar surface area (TPSA) is 180 Å². The van der Waals surface area contributed by atoms with Gasteiger partial charge in [0.1, 0.15) is 39.9 Å². The van der Waals surface area contributed by atoms with Gasteiger partial charge >= 0.3 is 29.2 Å². The van der Waals surface area contributed by atoms with Crippen molar-refractivity contribution in [2.75, 3.05) is 0 Å². The molecule has 0 saturated heterocycles. The zero-order valence-corrected chi connectivity index (χ0v) is 25.2. The van der Waals surface area contributed by atoms with Crippen LogP contribution in [0.2, 0.25) is 0 Å². The van der Waals surface area contributed by atoms with Gasteiger partial charge in [0.15, 0.2) is 0 Å². The average molecular weight is 649 g/mol. The maximum atomic E-state index is 13.4. The van der Waals surface area contributed by atoms with Gasteiger partial charge in [-0.15, -0.1) is 0 Å². The van der Waals surface area contributed by atoms with E-state index in [1.165, 1.54) is 66.7 Å². The number of carbonyl (C=O) groups excluding carboxylic acids is 3. The van der Waals surface area contributed by atoms with Crippen LogP contribution >= 0.6 is 0 Å². The predicted octanol–water partition coefficient (Wildman–Crippen LogP) is 5.56. The Hall–Kier alpha value is -6.69. The lowest BCUT2D eigenvalue weighted by molar-refractivity contribution is -0.132. The Bertz CT molecular complexity index is 2230. The molecule has 12 nitrogen and oxygen atoms in total. The first-order chi connectivity index (χ1) is 23.0. The van der Waals surface area contributed by atoms with Gasteiger partial charge in [-0.2, -0.15) is 0 Å². The number of rotatable bonds is 7. The summed E-state index contributed by atoms with van der Waals surface area (Å²) < 4.78 is 26.6. The molecule has 0 amide bonds. The number of carbonyl (C=O) groups is 3. The number of hydrogen-bond acceptors (Lipinski definition) is 12. The largest absolute Gasteiger partial charge is 0.507 e. The van der Waals surface area contributed by atoms with Gasteiger partial charge in [0, 0.05) is 19.9 Å². The first kappa shape index (κ1) is 31.3. The van der Waals surface area contributed by atoms with Gasteiger partial charge in [-0.05, 0) is 54.1 Å². The molecule has 2 aromatic heterocycles. The Morgan fingerprint density at radius 1 is 0.604 bits per heavy atom. The Morgan fingerprint density at radius 3 is 1.52 bits per heavy atom. The molecule has 2 N–H and O–H groups in total. The van der Waals surface area contributed by atoms with Crippen LogP contribution in [0, 0.1) is 0 Å². The highest BCUT2D eigenvalue weighted by molar-refractivity contribution is 5.92. The van der Waals surface area contributed by atoms with Crippen LogP contribution in [-0.2, 0) is 9.59 Å². The van der Waals surface area contributed by atoms with Gasteiger partial charge in [-0.25, -0.2) is 14.4 Å². The second-order valence-electron chi connectivity index (χ2n) is 10.6. The molecular weight excluding hydrogens is 624 g/mol. The zero-order valence-electron chi connectivity index (χ0n) is 25.2. The van der Waals surface area contributed by atoms with Crippen molar-refractivity contribution in [3.63, 3.8) is 0 Å². The molecule has 0 aliphatic heterocycles. The van der Waals surface area contributed by atoms with Gasteiger partial charge < -0.3 is 33.3 Å². The summed E-state index contributed by atoms with van der Waals surface area (Å²) in [7, 11) is 0. The van der Waals surface area contributed by atoms with Gasteiger partial charge in [0.2, 0.25) is 0 Å². The maximum Gasteiger partial charge on any atom is 0.344 e. The monoisotopic (exact) mass is 648 g/mol. The summed E-state index contributed by atoms with van der Waals surface area (Å²) in [5.41, 5.74) is -2.27. The fraction of sp³-hybridized carbons (Fsp3) is 0.0833. The van der Waals surface area contributed by atoms with Gasteiger partial charge in [0.05, 0.1) is 33.4 Å². The number of benzene rings is 4. The summed E-state index contributed by atoms with van der Waals surface area (Å²) in [5.74, 6) is -4.68. The molecular formula is C36H24O12. The van der Waals surface area contributed by atoms with Gasteiger partial charge in [-0.3, -0.25) is 9.59 Å². The lowest BCUT2D eigenvalue weighted by Crippen LogP contribution is -2.21. The fourth-order valence-electron chi connectivity index (χ4n) is 5.32. The molecule has 6 rings (SSSR count). The first-order valence-corrected chi connectivity index (χ1v) is 14.3. The second kappa shape index (κ2) is 12.6. The molecule has 0 spiro atoms. The van der Waals surface area contributed by atoms with Crippen molar-refractivity contribution in [2.45, 2.75) is 19.8 Å². The van der Waals surface area contributed by atoms with Crippen molar-refractivity contribution in [3.05, 3.63) is 134 Å². The maximum absolute atomic E-state index is 13.4. The molecule has 0 saturated carbocycles. The highest BCUT2D eigenvalue weighted by atomic mass is 16.5. The fourth-order valence-corrected chi connectivity index (χ4v) is 5.32. The second-order valence-corrected chi connectivity index (χ2v) is 10.6. The number of para-hydroxylation sites is 2. The van der Waals surface area contributed by atoms with Crippen LogP contribution in [0.4, 0.5) is 0 Å². The average Bonchev–Trinajstić information content (AvgIpc) is 3.03. The van der Waals surface area contributed by atoms with Crippen LogP contribution in [0.1, 0.15) is 46.8 Å². The van der Waals surface area contributed by atoms with Crippen LogP contribution < -0.4 is 25.5 Å². The number of aromatic hydroxyl groups is 2. The predicted molar refractivity (Wildman–Crippen MR) is 170 cm³/mol. The van der Waals surface area contributed by atoms with E-state index in [2.05, 4.69) is 0 Å². The van der Waals surface area contributed by atoms with Crippen LogP contribution in [0.3, 0.4) is 0 Å². The molecule has 0 bridgehead atoms. The highest BCUT2D eigenvalue weighted by Gasteiger charge is 2.32. The SMILES string of the molecule is CC(=O)Oc1cc(OC(C)=O)cc(C(=O)Oc2ccc(C(c3c(O)c4ccccc4oc3=O)c3c(O)c4ccccc4oc3=O)cc2)c1. The standard InChI is InChI=1S/C36H24O12/c1-18(37)44-23-15-21(16-24(17-23)45-19(2)38)34(41)46-22-13-11-20(12-14-22)29(30-32(39)25-7-3-5-9-27(25)47-35(30)42)31-33(40)26-8-4-6-10-28(26)48-36(31)43/h3-17,29,39-40H,1-2H3. The lowest BCUT2D eigenvalue weighted by atomic mass is 9.84. The number of fused-ring (bicyclic) bond motifs is 2. The summed E-state index contributed by atoms with van der Waals surface area (Å²) in [6.07, 6.45) is 0. The summed E-state index contributed by atoms with van der Waals surface area (Å²) in [6.45, 7) is 2.32. The minimum Gasteiger partial charge on any atom is -0.507 e. The minimum absolute atomic E-state index is 0.0129. The van der Waals surface area contributed by atoms with E-state index >= 15 is 0 Å². The Morgan fingerprint density at radius 2 is 1.06 bits per heavy atom. The quantitative estimate of drug-likeness (QED) is 0.125. The summed E-state index contributed by atoms with van der Waals surface area (Å²) in [4.78, 5) is 62.9. The van der Waals surface area contributed by atoms with E-state index in [1.54, 1.807) is 24.3 Å². The molecule has 12 heteroatoms. The van der Waals surface area contributed by atoms with E-state index in [0.717, 1.165) is 13.8 Å². The van der Waals surface area contributed by atoms with E-state index < -0.39 is 46.6 Å². The first-order valence-electron chi connectivity index (χ1n) is 14.3. The molecule has 240 valence electrons. The van der Waals surface area contributed by atoms with Crippen LogP contribution in [0.15, 0.2) is 109 Å². The van der Waals surface area contributed by atoms with Crippen molar-refractivity contribution < 1.29 is 47.6 Å². The molecule has 0 atom stereocenters. The number of hydrogen-bond donors (Lipinski definition) is 2. The third-order valence-electron chi connectivity index (χ3n) is 7.28. The molecule has 0 aliphatic rings. The smallest absolute Gasteiger partial charge is 0.344 e. The lowest BCUT2D eigenvalue weighted by Gasteiger charge is -2.20. The van der Waals surface area contributed by atoms with E-state index in [9.17, 15) is 34.2 Å². The molecule has 0 radical (unpaired) electrons. The van der Waals surface area contributed by atoms with Crippen molar-refractivity contribution in [1.82, 2.24) is 0 Å². The van der Waals surface area contributed by atoms with E-state index in [4.69, 9.17) is 23.0 Å². The summed E-state index contributed by atoms with van der Waals surface area (Å²) >= 11 is 0. The molecule has 6 aromatic rings. The van der Waals surface area contributed by atoms with E-state index in [1.807, 2.05) is 0 Å². The minimum atomic E-state index is -1.40. The Balaban J connectivity index is 1.44. The molecule has 0 fully saturated rings. The molecule has 48 heavy (non-hydrogen) atoms. The van der Waals surface area contributed by atoms with E-state index in [-0.39, 0.29) is 61.4 Å². The summed E-state index contributed by atoms with van der Waals surface area (Å²) in [5, 5.41) is 23.1. The van der Waals surface area contributed by atoms with Crippen LogP contribution in [-0.4, -0.2) is 28.1 Å². The molecule has 2 heterocycles. The van der Waals surface area contributed by atoms with Crippen LogP contribution in [0.25, 0.3) is 21.9 Å². The molecule has 4 aromatic carbocycles. The molecule has 0 aliphatic carbocycles. The van der Waals surface area contributed by atoms with E-state index in [0.29, 0.717) is 0 Å².